The fourth-order valence-corrected chi connectivity index (χ4v) is 1.73. The summed E-state index contributed by atoms with van der Waals surface area (Å²) in [4.78, 5) is 10.2. The van der Waals surface area contributed by atoms with E-state index in [1.165, 1.54) is 12.1 Å². The Bertz CT molecular complexity index is 551. The summed E-state index contributed by atoms with van der Waals surface area (Å²) in [5.41, 5.74) is 0.523. The summed E-state index contributed by atoms with van der Waals surface area (Å²) in [6.45, 7) is -0.233. The van der Waals surface area contributed by atoms with Crippen molar-refractivity contribution in [1.29, 1.82) is 0 Å². The molecule has 0 aliphatic carbocycles. The van der Waals surface area contributed by atoms with Crippen LogP contribution in [0.2, 0.25) is 0 Å². The molecule has 1 amide bonds. The largest absolute Gasteiger partial charge is 0.471 e. The average molecular weight is 297 g/mol. The van der Waals surface area contributed by atoms with E-state index in [1.54, 1.807) is 5.32 Å². The number of halogens is 3. The van der Waals surface area contributed by atoms with Crippen LogP contribution in [0.3, 0.4) is 0 Å². The second-order valence-electron chi connectivity index (χ2n) is 3.62. The van der Waals surface area contributed by atoms with E-state index in [1.807, 2.05) is 0 Å². The standard InChI is InChI=1S/C10H10F3NO4S/c11-10(12,13)9(15)14-6-5-7-1-3-8(4-2-7)19(16,17)18/h1-4H,5-6H2,(H,14,15)(H,16,17,18). The zero-order valence-electron chi connectivity index (χ0n) is 9.44. The fourth-order valence-electron chi connectivity index (χ4n) is 1.25. The van der Waals surface area contributed by atoms with Gasteiger partial charge in [0, 0.05) is 6.54 Å². The first-order chi connectivity index (χ1) is 8.60. The predicted molar refractivity (Wildman–Crippen MR) is 59.0 cm³/mol. The van der Waals surface area contributed by atoms with Gasteiger partial charge >= 0.3 is 12.1 Å². The van der Waals surface area contributed by atoms with E-state index >= 15 is 0 Å². The number of benzene rings is 1. The lowest BCUT2D eigenvalue weighted by Crippen LogP contribution is -2.37. The fraction of sp³-hybridized carbons (Fsp3) is 0.300. The Morgan fingerprint density at radius 2 is 1.74 bits per heavy atom. The molecule has 0 fully saturated rings. The first-order valence-corrected chi connectivity index (χ1v) is 6.46. The minimum absolute atomic E-state index is 0.105. The van der Waals surface area contributed by atoms with Crippen molar-refractivity contribution >= 4 is 16.0 Å². The molecule has 0 aromatic heterocycles. The van der Waals surface area contributed by atoms with Gasteiger partial charge in [0.05, 0.1) is 4.90 Å². The average Bonchev–Trinajstić information content (AvgIpc) is 2.27. The molecular weight excluding hydrogens is 287 g/mol. The molecule has 0 saturated carbocycles. The Balaban J connectivity index is 2.54. The topological polar surface area (TPSA) is 83.5 Å². The van der Waals surface area contributed by atoms with Crippen molar-refractivity contribution in [2.24, 2.45) is 0 Å². The minimum Gasteiger partial charge on any atom is -0.348 e. The Morgan fingerprint density at radius 3 is 2.16 bits per heavy atom. The van der Waals surface area contributed by atoms with Gasteiger partial charge < -0.3 is 5.32 Å². The molecule has 0 aliphatic heterocycles. The molecule has 1 rings (SSSR count). The van der Waals surface area contributed by atoms with Gasteiger partial charge in [0.2, 0.25) is 0 Å². The SMILES string of the molecule is O=C(NCCc1ccc(S(=O)(=O)O)cc1)C(F)(F)F. The van der Waals surface area contributed by atoms with Crippen LogP contribution in [-0.4, -0.2) is 31.6 Å². The molecule has 19 heavy (non-hydrogen) atoms. The van der Waals surface area contributed by atoms with Crippen LogP contribution in [0.25, 0.3) is 0 Å². The highest BCUT2D eigenvalue weighted by molar-refractivity contribution is 7.85. The lowest BCUT2D eigenvalue weighted by molar-refractivity contribution is -0.173. The summed E-state index contributed by atoms with van der Waals surface area (Å²) in [7, 11) is -4.29. The predicted octanol–water partition coefficient (Wildman–Crippen LogP) is 1.15. The molecule has 0 atom stereocenters. The monoisotopic (exact) mass is 297 g/mol. The Hall–Kier alpha value is -1.61. The summed E-state index contributed by atoms with van der Waals surface area (Å²) in [5, 5.41) is 1.68. The van der Waals surface area contributed by atoms with Crippen LogP contribution in [-0.2, 0) is 21.3 Å². The van der Waals surface area contributed by atoms with Gasteiger partial charge in [0.15, 0.2) is 0 Å². The number of hydrogen-bond donors (Lipinski definition) is 2. The van der Waals surface area contributed by atoms with Crippen molar-refractivity contribution in [2.75, 3.05) is 6.54 Å². The van der Waals surface area contributed by atoms with Crippen molar-refractivity contribution in [3.8, 4) is 0 Å². The second-order valence-corrected chi connectivity index (χ2v) is 5.04. The second kappa shape index (κ2) is 5.57. The van der Waals surface area contributed by atoms with Gasteiger partial charge in [0.1, 0.15) is 0 Å². The van der Waals surface area contributed by atoms with Crippen LogP contribution in [0.1, 0.15) is 5.56 Å². The summed E-state index contributed by atoms with van der Waals surface area (Å²) in [6, 6.07) is 4.91. The van der Waals surface area contributed by atoms with Gasteiger partial charge in [-0.15, -0.1) is 0 Å². The lowest BCUT2D eigenvalue weighted by Gasteiger charge is -2.07. The van der Waals surface area contributed by atoms with Crippen LogP contribution in [0.15, 0.2) is 29.2 Å². The molecule has 9 heteroatoms. The molecule has 0 saturated heterocycles. The first kappa shape index (κ1) is 15.4. The third-order valence-electron chi connectivity index (χ3n) is 2.18. The molecule has 106 valence electrons. The summed E-state index contributed by atoms with van der Waals surface area (Å²) < 4.78 is 65.7. The van der Waals surface area contributed by atoms with Crippen LogP contribution in [0.4, 0.5) is 13.2 Å². The van der Waals surface area contributed by atoms with Crippen molar-refractivity contribution in [3.63, 3.8) is 0 Å². The van der Waals surface area contributed by atoms with E-state index in [0.29, 0.717) is 5.56 Å². The highest BCUT2D eigenvalue weighted by Gasteiger charge is 2.38. The van der Waals surface area contributed by atoms with Crippen molar-refractivity contribution < 1.29 is 30.9 Å². The smallest absolute Gasteiger partial charge is 0.348 e. The number of carbonyl (C=O) groups excluding carboxylic acids is 1. The van der Waals surface area contributed by atoms with E-state index in [2.05, 4.69) is 0 Å². The molecular formula is C10H10F3NO4S. The van der Waals surface area contributed by atoms with Crippen LogP contribution >= 0.6 is 0 Å². The number of rotatable bonds is 4. The molecule has 0 spiro atoms. The number of hydrogen-bond acceptors (Lipinski definition) is 3. The van der Waals surface area contributed by atoms with E-state index < -0.39 is 22.2 Å². The molecule has 0 heterocycles. The quantitative estimate of drug-likeness (QED) is 0.817. The molecule has 0 radical (unpaired) electrons. The Morgan fingerprint density at radius 1 is 1.21 bits per heavy atom. The molecule has 1 aromatic carbocycles. The molecule has 0 aliphatic rings. The molecule has 5 nitrogen and oxygen atoms in total. The van der Waals surface area contributed by atoms with E-state index in [4.69, 9.17) is 4.55 Å². The molecule has 2 N–H and O–H groups in total. The Kier molecular flexibility index (Phi) is 4.53. The van der Waals surface area contributed by atoms with Gasteiger partial charge in [-0.2, -0.15) is 21.6 Å². The van der Waals surface area contributed by atoms with Crippen molar-refractivity contribution in [1.82, 2.24) is 5.32 Å². The van der Waals surface area contributed by atoms with Crippen LogP contribution in [0.5, 0.6) is 0 Å². The highest BCUT2D eigenvalue weighted by atomic mass is 32.2. The summed E-state index contributed by atoms with van der Waals surface area (Å²) in [6.07, 6.45) is -4.82. The number of nitrogens with one attached hydrogen (secondary N) is 1. The molecule has 1 aromatic rings. The summed E-state index contributed by atoms with van der Waals surface area (Å²) in [5.74, 6) is -2.03. The number of amides is 1. The third kappa shape index (κ3) is 4.87. The Labute approximate surface area is 107 Å². The number of carbonyl (C=O) groups is 1. The molecule has 0 unspecified atom stereocenters. The highest BCUT2D eigenvalue weighted by Crippen LogP contribution is 2.14. The maximum atomic E-state index is 11.9. The zero-order chi connectivity index (χ0) is 14.7. The first-order valence-electron chi connectivity index (χ1n) is 5.02. The van der Waals surface area contributed by atoms with Gasteiger partial charge in [-0.05, 0) is 24.1 Å². The van der Waals surface area contributed by atoms with E-state index in [0.717, 1.165) is 12.1 Å². The normalized spacial score (nSPS) is 12.2. The van der Waals surface area contributed by atoms with Gasteiger partial charge in [-0.1, -0.05) is 12.1 Å². The van der Waals surface area contributed by atoms with Gasteiger partial charge in [-0.25, -0.2) is 0 Å². The maximum absolute atomic E-state index is 11.9. The van der Waals surface area contributed by atoms with Crippen LogP contribution < -0.4 is 5.32 Å². The summed E-state index contributed by atoms with van der Waals surface area (Å²) >= 11 is 0. The maximum Gasteiger partial charge on any atom is 0.471 e. The number of alkyl halides is 3. The van der Waals surface area contributed by atoms with E-state index in [-0.39, 0.29) is 17.9 Å². The molecule has 0 bridgehead atoms. The van der Waals surface area contributed by atoms with Crippen molar-refractivity contribution in [3.05, 3.63) is 29.8 Å². The zero-order valence-corrected chi connectivity index (χ0v) is 10.3. The lowest BCUT2D eigenvalue weighted by atomic mass is 10.1. The van der Waals surface area contributed by atoms with Gasteiger partial charge in [-0.3, -0.25) is 9.35 Å². The van der Waals surface area contributed by atoms with E-state index in [9.17, 15) is 26.4 Å². The van der Waals surface area contributed by atoms with Gasteiger partial charge in [0.25, 0.3) is 10.1 Å². The van der Waals surface area contributed by atoms with Crippen LogP contribution in [0, 0.1) is 0 Å². The van der Waals surface area contributed by atoms with Crippen molar-refractivity contribution in [2.45, 2.75) is 17.5 Å². The third-order valence-corrected chi connectivity index (χ3v) is 3.05. The minimum atomic E-state index is -4.92.